The molecule has 0 fully saturated rings. The number of aromatic hydroxyl groups is 1. The first kappa shape index (κ1) is 13.0. The summed E-state index contributed by atoms with van der Waals surface area (Å²) in [5, 5.41) is 16.2. The van der Waals surface area contributed by atoms with Gasteiger partial charge in [0.25, 0.3) is 0 Å². The van der Waals surface area contributed by atoms with Crippen molar-refractivity contribution < 1.29 is 9.63 Å². The van der Waals surface area contributed by atoms with Gasteiger partial charge in [-0.1, -0.05) is 5.16 Å². The van der Waals surface area contributed by atoms with E-state index in [4.69, 9.17) is 4.52 Å². The van der Waals surface area contributed by atoms with Crippen LogP contribution >= 0.6 is 0 Å². The van der Waals surface area contributed by atoms with Crippen LogP contribution in [-0.4, -0.2) is 25.2 Å². The van der Waals surface area contributed by atoms with Crippen LogP contribution in [-0.2, 0) is 6.54 Å². The SMILES string of the molecule is Cc1nccc(-c2noc(CNc3ccc(O)cc3)n2)n1. The Morgan fingerprint density at radius 1 is 1.14 bits per heavy atom. The van der Waals surface area contributed by atoms with Gasteiger partial charge in [0.05, 0.1) is 6.54 Å². The van der Waals surface area contributed by atoms with E-state index < -0.39 is 0 Å². The van der Waals surface area contributed by atoms with Gasteiger partial charge in [-0.15, -0.1) is 0 Å². The number of hydrogen-bond donors (Lipinski definition) is 2. The number of nitrogens with one attached hydrogen (secondary N) is 1. The predicted octanol–water partition coefficient (Wildman–Crippen LogP) is 2.15. The van der Waals surface area contributed by atoms with Gasteiger partial charge >= 0.3 is 0 Å². The van der Waals surface area contributed by atoms with E-state index in [1.807, 2.05) is 0 Å². The van der Waals surface area contributed by atoms with E-state index in [-0.39, 0.29) is 5.75 Å². The molecule has 106 valence electrons. The summed E-state index contributed by atoms with van der Waals surface area (Å²) >= 11 is 0. The van der Waals surface area contributed by atoms with E-state index in [9.17, 15) is 5.11 Å². The normalized spacial score (nSPS) is 10.5. The Kier molecular flexibility index (Phi) is 3.46. The van der Waals surface area contributed by atoms with Gasteiger partial charge < -0.3 is 14.9 Å². The summed E-state index contributed by atoms with van der Waals surface area (Å²) in [7, 11) is 0. The van der Waals surface area contributed by atoms with Gasteiger partial charge in [-0.2, -0.15) is 4.98 Å². The number of anilines is 1. The minimum absolute atomic E-state index is 0.222. The van der Waals surface area contributed by atoms with Crippen LogP contribution in [0.5, 0.6) is 5.75 Å². The van der Waals surface area contributed by atoms with Gasteiger partial charge in [0.2, 0.25) is 11.7 Å². The third kappa shape index (κ3) is 3.14. The molecular formula is C14H13N5O2. The highest BCUT2D eigenvalue weighted by molar-refractivity contribution is 5.48. The number of aryl methyl sites for hydroxylation is 1. The summed E-state index contributed by atoms with van der Waals surface area (Å²) in [6, 6.07) is 8.46. The Hall–Kier alpha value is -2.96. The molecule has 0 saturated heterocycles. The lowest BCUT2D eigenvalue weighted by atomic mass is 10.3. The first-order valence-corrected chi connectivity index (χ1v) is 6.36. The van der Waals surface area contributed by atoms with Gasteiger partial charge in [0.1, 0.15) is 17.3 Å². The van der Waals surface area contributed by atoms with Crippen molar-refractivity contribution in [2.75, 3.05) is 5.32 Å². The molecule has 0 spiro atoms. The van der Waals surface area contributed by atoms with Gasteiger partial charge in [-0.25, -0.2) is 9.97 Å². The van der Waals surface area contributed by atoms with Crippen LogP contribution in [0.15, 0.2) is 41.1 Å². The second-order valence-corrected chi connectivity index (χ2v) is 4.40. The molecule has 0 aliphatic rings. The molecule has 21 heavy (non-hydrogen) atoms. The van der Waals surface area contributed by atoms with E-state index in [1.165, 1.54) is 0 Å². The summed E-state index contributed by atoms with van der Waals surface area (Å²) in [6.07, 6.45) is 1.66. The Labute approximate surface area is 120 Å². The van der Waals surface area contributed by atoms with E-state index in [0.717, 1.165) is 5.69 Å². The highest BCUT2D eigenvalue weighted by Crippen LogP contribution is 2.16. The third-order valence-corrected chi connectivity index (χ3v) is 2.78. The van der Waals surface area contributed by atoms with Crippen molar-refractivity contribution in [2.45, 2.75) is 13.5 Å². The zero-order valence-electron chi connectivity index (χ0n) is 11.3. The molecule has 2 aromatic heterocycles. The molecule has 0 aliphatic heterocycles. The van der Waals surface area contributed by atoms with E-state index in [2.05, 4.69) is 25.4 Å². The van der Waals surface area contributed by atoms with Crippen LogP contribution in [0, 0.1) is 6.92 Å². The fraction of sp³-hybridized carbons (Fsp3) is 0.143. The Morgan fingerprint density at radius 3 is 2.71 bits per heavy atom. The lowest BCUT2D eigenvalue weighted by Crippen LogP contribution is -1.99. The molecule has 3 rings (SSSR count). The Balaban J connectivity index is 1.69. The second kappa shape index (κ2) is 5.58. The zero-order chi connectivity index (χ0) is 14.7. The first-order chi connectivity index (χ1) is 10.2. The van der Waals surface area contributed by atoms with E-state index in [0.29, 0.717) is 29.8 Å². The fourth-order valence-corrected chi connectivity index (χ4v) is 1.77. The maximum Gasteiger partial charge on any atom is 0.246 e. The first-order valence-electron chi connectivity index (χ1n) is 6.36. The summed E-state index contributed by atoms with van der Waals surface area (Å²) in [4.78, 5) is 12.5. The van der Waals surface area contributed by atoms with Crippen LogP contribution in [0.1, 0.15) is 11.7 Å². The monoisotopic (exact) mass is 283 g/mol. The standard InChI is InChI=1S/C14H13N5O2/c1-9-15-7-6-12(17-9)14-18-13(21-19-14)8-16-10-2-4-11(20)5-3-10/h2-7,16,20H,8H2,1H3. The molecule has 0 amide bonds. The highest BCUT2D eigenvalue weighted by atomic mass is 16.5. The average Bonchev–Trinajstić information content (AvgIpc) is 2.96. The Bertz CT molecular complexity index is 739. The molecular weight excluding hydrogens is 270 g/mol. The second-order valence-electron chi connectivity index (χ2n) is 4.40. The number of rotatable bonds is 4. The van der Waals surface area contributed by atoms with E-state index in [1.54, 1.807) is 43.5 Å². The molecule has 3 aromatic rings. The molecule has 0 atom stereocenters. The van der Waals surface area contributed by atoms with Crippen molar-refractivity contribution in [3.8, 4) is 17.3 Å². The predicted molar refractivity (Wildman–Crippen MR) is 75.5 cm³/mol. The highest BCUT2D eigenvalue weighted by Gasteiger charge is 2.10. The van der Waals surface area contributed by atoms with Crippen LogP contribution in [0.2, 0.25) is 0 Å². The molecule has 2 N–H and O–H groups in total. The number of nitrogens with zero attached hydrogens (tertiary/aromatic N) is 4. The minimum atomic E-state index is 0.222. The summed E-state index contributed by atoms with van der Waals surface area (Å²) in [5.74, 6) is 1.76. The fourth-order valence-electron chi connectivity index (χ4n) is 1.77. The molecule has 7 nitrogen and oxygen atoms in total. The van der Waals surface area contributed by atoms with Gasteiger partial charge in [-0.05, 0) is 37.3 Å². The van der Waals surface area contributed by atoms with Crippen molar-refractivity contribution in [3.05, 3.63) is 48.2 Å². The van der Waals surface area contributed by atoms with Crippen LogP contribution in [0.4, 0.5) is 5.69 Å². The molecule has 7 heteroatoms. The smallest absolute Gasteiger partial charge is 0.246 e. The van der Waals surface area contributed by atoms with Gasteiger partial charge in [0.15, 0.2) is 0 Å². The summed E-state index contributed by atoms with van der Waals surface area (Å²) in [5.41, 5.74) is 1.48. The quantitative estimate of drug-likeness (QED) is 0.708. The summed E-state index contributed by atoms with van der Waals surface area (Å²) < 4.78 is 5.17. The topological polar surface area (TPSA) is 97.0 Å². The third-order valence-electron chi connectivity index (χ3n) is 2.78. The molecule has 2 heterocycles. The van der Waals surface area contributed by atoms with Crippen LogP contribution in [0.25, 0.3) is 11.5 Å². The lowest BCUT2D eigenvalue weighted by Gasteiger charge is -2.02. The number of benzene rings is 1. The largest absolute Gasteiger partial charge is 0.508 e. The molecule has 0 saturated carbocycles. The molecule has 0 bridgehead atoms. The van der Waals surface area contributed by atoms with Gasteiger partial charge in [-0.3, -0.25) is 0 Å². The average molecular weight is 283 g/mol. The summed E-state index contributed by atoms with van der Waals surface area (Å²) in [6.45, 7) is 2.19. The van der Waals surface area contributed by atoms with Gasteiger partial charge in [0, 0.05) is 11.9 Å². The molecule has 0 radical (unpaired) electrons. The van der Waals surface area contributed by atoms with Crippen molar-refractivity contribution in [2.24, 2.45) is 0 Å². The van der Waals surface area contributed by atoms with Crippen molar-refractivity contribution in [3.63, 3.8) is 0 Å². The lowest BCUT2D eigenvalue weighted by molar-refractivity contribution is 0.384. The number of phenols is 1. The number of aromatic nitrogens is 4. The molecule has 0 aliphatic carbocycles. The zero-order valence-corrected chi connectivity index (χ0v) is 11.3. The van der Waals surface area contributed by atoms with Crippen molar-refractivity contribution in [1.82, 2.24) is 20.1 Å². The van der Waals surface area contributed by atoms with Crippen LogP contribution in [0.3, 0.4) is 0 Å². The van der Waals surface area contributed by atoms with Crippen molar-refractivity contribution >= 4 is 5.69 Å². The number of hydrogen-bond acceptors (Lipinski definition) is 7. The van der Waals surface area contributed by atoms with Crippen molar-refractivity contribution in [1.29, 1.82) is 0 Å². The Morgan fingerprint density at radius 2 is 1.95 bits per heavy atom. The van der Waals surface area contributed by atoms with E-state index >= 15 is 0 Å². The number of phenolic OH excluding ortho intramolecular Hbond substituents is 1. The maximum atomic E-state index is 9.21. The maximum absolute atomic E-state index is 9.21. The molecule has 1 aromatic carbocycles. The van der Waals surface area contributed by atoms with Crippen LogP contribution < -0.4 is 5.32 Å². The molecule has 0 unspecified atom stereocenters. The minimum Gasteiger partial charge on any atom is -0.508 e.